The van der Waals surface area contributed by atoms with E-state index in [0.29, 0.717) is 6.42 Å². The summed E-state index contributed by atoms with van der Waals surface area (Å²) in [5.74, 6) is 0. The molecule has 0 heterocycles. The van der Waals surface area contributed by atoms with Gasteiger partial charge in [-0.05, 0) is 6.42 Å². The van der Waals surface area contributed by atoms with Gasteiger partial charge >= 0.3 is 0 Å². The molecule has 8 heteroatoms. The van der Waals surface area contributed by atoms with Crippen molar-refractivity contribution in [3.63, 3.8) is 0 Å². The molecular formula is C9H24O8. The number of aliphatic hydroxyl groups is 8. The van der Waals surface area contributed by atoms with Crippen molar-refractivity contribution in [3.8, 4) is 0 Å². The molecule has 0 saturated carbocycles. The topological polar surface area (TPSA) is 162 Å². The first kappa shape index (κ1) is 21.9. The minimum Gasteiger partial charge on any atom is -0.396 e. The molecule has 0 unspecified atom stereocenters. The van der Waals surface area contributed by atoms with Crippen molar-refractivity contribution in [3.05, 3.63) is 0 Å². The predicted molar refractivity (Wildman–Crippen MR) is 59.1 cm³/mol. The molecule has 0 aliphatic rings. The van der Waals surface area contributed by atoms with Crippen LogP contribution in [0.5, 0.6) is 0 Å². The van der Waals surface area contributed by atoms with Crippen molar-refractivity contribution in [2.24, 2.45) is 0 Å². The quantitative estimate of drug-likeness (QED) is 0.240. The first-order chi connectivity index (χ1) is 8.03. The van der Waals surface area contributed by atoms with E-state index in [4.69, 9.17) is 40.9 Å². The van der Waals surface area contributed by atoms with Crippen LogP contribution in [0.2, 0.25) is 0 Å². The number of aliphatic hydroxyl groups excluding tert-OH is 8. The van der Waals surface area contributed by atoms with E-state index in [-0.39, 0.29) is 39.6 Å². The Kier molecular flexibility index (Phi) is 27.1. The lowest BCUT2D eigenvalue weighted by molar-refractivity contribution is 0.0450. The normalized spacial score (nSPS) is 9.53. The lowest BCUT2D eigenvalue weighted by atomic mass is 10.4. The molecule has 108 valence electrons. The van der Waals surface area contributed by atoms with Crippen molar-refractivity contribution in [2.75, 3.05) is 39.6 Å². The van der Waals surface area contributed by atoms with Crippen LogP contribution in [0.4, 0.5) is 0 Å². The molecule has 8 N–H and O–H groups in total. The van der Waals surface area contributed by atoms with E-state index < -0.39 is 12.2 Å². The van der Waals surface area contributed by atoms with Crippen LogP contribution in [-0.4, -0.2) is 92.7 Å². The van der Waals surface area contributed by atoms with Crippen LogP contribution in [0.1, 0.15) is 6.42 Å². The Morgan fingerprint density at radius 3 is 0.765 bits per heavy atom. The maximum Gasteiger partial charge on any atom is 0.100 e. The summed E-state index contributed by atoms with van der Waals surface area (Å²) in [6.07, 6.45) is -1.41. The van der Waals surface area contributed by atoms with Crippen molar-refractivity contribution < 1.29 is 40.9 Å². The number of rotatable bonds is 6. The third-order valence-corrected chi connectivity index (χ3v) is 1.16. The summed E-state index contributed by atoms with van der Waals surface area (Å²) in [5, 5.41) is 63.8. The van der Waals surface area contributed by atoms with Crippen LogP contribution in [-0.2, 0) is 0 Å². The lowest BCUT2D eigenvalue weighted by Gasteiger charge is -1.96. The zero-order chi connectivity index (χ0) is 14.1. The highest BCUT2D eigenvalue weighted by atomic mass is 16.3. The van der Waals surface area contributed by atoms with Gasteiger partial charge in [-0.1, -0.05) is 0 Å². The monoisotopic (exact) mass is 260 g/mol. The third kappa shape index (κ3) is 31.3. The third-order valence-electron chi connectivity index (χ3n) is 1.16. The van der Waals surface area contributed by atoms with Crippen LogP contribution in [0.25, 0.3) is 0 Å². The maximum absolute atomic E-state index is 8.17. The molecule has 0 rings (SSSR count). The Bertz CT molecular complexity index is 93.2. The molecular weight excluding hydrogens is 236 g/mol. The molecule has 0 bridgehead atoms. The molecule has 8 nitrogen and oxygen atoms in total. The van der Waals surface area contributed by atoms with Crippen LogP contribution >= 0.6 is 0 Å². The molecule has 0 amide bonds. The summed E-state index contributed by atoms with van der Waals surface area (Å²) in [6.45, 7) is -1.27. The van der Waals surface area contributed by atoms with E-state index in [1.165, 1.54) is 0 Å². The van der Waals surface area contributed by atoms with E-state index in [2.05, 4.69) is 0 Å². The fourth-order valence-electron chi connectivity index (χ4n) is 0.186. The van der Waals surface area contributed by atoms with Crippen LogP contribution in [0.15, 0.2) is 0 Å². The molecule has 0 radical (unpaired) electrons. The fraction of sp³-hybridized carbons (Fsp3) is 1.00. The fourth-order valence-corrected chi connectivity index (χ4v) is 0.186. The molecule has 0 atom stereocenters. The van der Waals surface area contributed by atoms with Crippen LogP contribution in [0, 0.1) is 0 Å². The van der Waals surface area contributed by atoms with Gasteiger partial charge in [0.15, 0.2) is 0 Å². The summed E-state index contributed by atoms with van der Waals surface area (Å²) in [4.78, 5) is 0. The first-order valence-corrected chi connectivity index (χ1v) is 5.05. The molecule has 0 aromatic heterocycles. The van der Waals surface area contributed by atoms with Gasteiger partial charge in [-0.3, -0.25) is 0 Å². The van der Waals surface area contributed by atoms with E-state index in [9.17, 15) is 0 Å². The Morgan fingerprint density at radius 1 is 0.529 bits per heavy atom. The predicted octanol–water partition coefficient (Wildman–Crippen LogP) is -3.98. The Morgan fingerprint density at radius 2 is 0.765 bits per heavy atom. The van der Waals surface area contributed by atoms with E-state index in [1.54, 1.807) is 0 Å². The van der Waals surface area contributed by atoms with Crippen molar-refractivity contribution in [2.45, 2.75) is 18.6 Å². The summed E-state index contributed by atoms with van der Waals surface area (Å²) >= 11 is 0. The van der Waals surface area contributed by atoms with Gasteiger partial charge in [-0.25, -0.2) is 0 Å². The lowest BCUT2D eigenvalue weighted by Crippen LogP contribution is -2.15. The molecule has 0 aliphatic heterocycles. The molecule has 17 heavy (non-hydrogen) atoms. The first-order valence-electron chi connectivity index (χ1n) is 5.05. The van der Waals surface area contributed by atoms with Crippen LogP contribution in [0.3, 0.4) is 0 Å². The average Bonchev–Trinajstić information content (AvgIpc) is 2.39. The van der Waals surface area contributed by atoms with Gasteiger partial charge in [0.2, 0.25) is 0 Å². The highest BCUT2D eigenvalue weighted by molar-refractivity contribution is 4.44. The van der Waals surface area contributed by atoms with Gasteiger partial charge in [0.05, 0.1) is 26.4 Å². The molecule has 0 spiro atoms. The maximum atomic E-state index is 8.17. The van der Waals surface area contributed by atoms with Crippen molar-refractivity contribution in [1.29, 1.82) is 0 Å². The second-order valence-corrected chi connectivity index (χ2v) is 2.84. The van der Waals surface area contributed by atoms with Crippen molar-refractivity contribution in [1.82, 2.24) is 0 Å². The molecule has 0 aromatic carbocycles. The Hall–Kier alpha value is -0.320. The molecule has 0 aromatic rings. The van der Waals surface area contributed by atoms with Crippen LogP contribution < -0.4 is 0 Å². The number of hydrogen-bond donors (Lipinski definition) is 8. The SMILES string of the molecule is OCC(O)CO.OCC(O)CO.OCCCO. The summed E-state index contributed by atoms with van der Waals surface area (Å²) in [5.41, 5.74) is 0. The smallest absolute Gasteiger partial charge is 0.100 e. The van der Waals surface area contributed by atoms with Gasteiger partial charge in [-0.2, -0.15) is 0 Å². The van der Waals surface area contributed by atoms with E-state index >= 15 is 0 Å². The largest absolute Gasteiger partial charge is 0.396 e. The van der Waals surface area contributed by atoms with Gasteiger partial charge in [0.25, 0.3) is 0 Å². The standard InChI is InChI=1S/2C3H8O3.C3H8O2/c2*4-1-3(6)2-5;4-2-1-3-5/h2*3-6H,1-2H2;4-5H,1-3H2. The zero-order valence-electron chi connectivity index (χ0n) is 9.68. The van der Waals surface area contributed by atoms with Crippen molar-refractivity contribution >= 4 is 0 Å². The molecule has 0 saturated heterocycles. The highest BCUT2D eigenvalue weighted by Crippen LogP contribution is 1.72. The van der Waals surface area contributed by atoms with Gasteiger partial charge in [0, 0.05) is 13.2 Å². The Balaban J connectivity index is -0.000000174. The summed E-state index contributed by atoms with van der Waals surface area (Å²) in [7, 11) is 0. The van der Waals surface area contributed by atoms with Gasteiger partial charge in [-0.15, -0.1) is 0 Å². The zero-order valence-corrected chi connectivity index (χ0v) is 9.68. The second kappa shape index (κ2) is 21.0. The van der Waals surface area contributed by atoms with Gasteiger partial charge < -0.3 is 40.9 Å². The summed E-state index contributed by atoms with van der Waals surface area (Å²) < 4.78 is 0. The van der Waals surface area contributed by atoms with E-state index in [1.807, 2.05) is 0 Å². The Labute approximate surface area is 100 Å². The minimum absolute atomic E-state index is 0.0938. The van der Waals surface area contributed by atoms with E-state index in [0.717, 1.165) is 0 Å². The highest BCUT2D eigenvalue weighted by Gasteiger charge is 1.94. The van der Waals surface area contributed by atoms with Gasteiger partial charge in [0.1, 0.15) is 12.2 Å². The number of hydrogen-bond acceptors (Lipinski definition) is 8. The average molecular weight is 260 g/mol. The summed E-state index contributed by atoms with van der Waals surface area (Å²) in [6, 6.07) is 0. The molecule has 0 aliphatic carbocycles. The minimum atomic E-state index is -0.954. The molecule has 0 fully saturated rings. The second-order valence-electron chi connectivity index (χ2n) is 2.84.